The van der Waals surface area contributed by atoms with E-state index in [0.717, 1.165) is 26.4 Å². The van der Waals surface area contributed by atoms with Crippen LogP contribution in [0.5, 0.6) is 0 Å². The average Bonchev–Trinajstić information content (AvgIpc) is 3.43. The third-order valence-corrected chi connectivity index (χ3v) is 8.43. The van der Waals surface area contributed by atoms with Crippen molar-refractivity contribution in [1.82, 2.24) is 15.2 Å². The maximum absolute atomic E-state index is 13.1. The molecule has 0 aromatic carbocycles. The highest BCUT2D eigenvalue weighted by molar-refractivity contribution is 8.07. The van der Waals surface area contributed by atoms with Crippen LogP contribution in [-0.4, -0.2) is 63.4 Å². The lowest BCUT2D eigenvalue weighted by molar-refractivity contribution is -0.542. The number of thiazole rings is 1. The highest BCUT2D eigenvalue weighted by atomic mass is 32.2. The number of aromatic nitrogens is 2. The summed E-state index contributed by atoms with van der Waals surface area (Å²) in [5.41, 5.74) is 5.64. The lowest BCUT2D eigenvalue weighted by atomic mass is 9.94. The number of nitrogens with zero attached hydrogens (tertiary/aromatic N) is 4. The molecule has 35 heavy (non-hydrogen) atoms. The number of rotatable bonds is 6. The van der Waals surface area contributed by atoms with Gasteiger partial charge in [0.2, 0.25) is 5.70 Å². The van der Waals surface area contributed by atoms with Crippen LogP contribution in [-0.2, 0) is 19.2 Å². The summed E-state index contributed by atoms with van der Waals surface area (Å²) in [6.45, 7) is 1.98. The van der Waals surface area contributed by atoms with Gasteiger partial charge in [0, 0.05) is 22.1 Å². The van der Waals surface area contributed by atoms with Gasteiger partial charge in [0.05, 0.1) is 11.4 Å². The molecule has 2 aliphatic rings. The molecule has 5 rings (SSSR count). The Balaban J connectivity index is 1.45. The number of thiophene rings is 1. The third kappa shape index (κ3) is 3.92. The maximum Gasteiger partial charge on any atom is 0.360 e. The van der Waals surface area contributed by atoms with Crippen LogP contribution < -0.4 is 15.6 Å². The SMILES string of the molecule is CON=C(C(=O)NC1C(=O)N2C(C(=O)O)=C([n+]3cccc4cc(C)sc43)SCC12)c1csc(N)n1. The second kappa shape index (κ2) is 8.94. The van der Waals surface area contributed by atoms with Gasteiger partial charge in [-0.15, -0.1) is 15.9 Å². The molecule has 2 atom stereocenters. The number of hydrogen-bond acceptors (Lipinski definition) is 10. The topological polar surface area (TPSA) is 151 Å². The Morgan fingerprint density at radius 2 is 2.23 bits per heavy atom. The summed E-state index contributed by atoms with van der Waals surface area (Å²) in [6, 6.07) is 4.40. The van der Waals surface area contributed by atoms with Gasteiger partial charge in [-0.05, 0) is 19.1 Å². The number of pyridine rings is 1. The Morgan fingerprint density at radius 1 is 1.43 bits per heavy atom. The predicted molar refractivity (Wildman–Crippen MR) is 133 cm³/mol. The minimum Gasteiger partial charge on any atom is -0.476 e. The first-order chi connectivity index (χ1) is 16.8. The summed E-state index contributed by atoms with van der Waals surface area (Å²) in [5.74, 6) is -1.99. The number of hydrogen-bond donors (Lipinski definition) is 3. The monoisotopic (exact) mass is 531 g/mol. The molecule has 2 amide bonds. The minimum absolute atomic E-state index is 0.108. The highest BCUT2D eigenvalue weighted by Crippen LogP contribution is 2.40. The molecule has 5 heterocycles. The number of carboxylic acid groups (broad SMARTS) is 1. The van der Waals surface area contributed by atoms with Crippen LogP contribution in [0.2, 0.25) is 0 Å². The molecule has 3 aromatic rings. The molecule has 0 bridgehead atoms. The van der Waals surface area contributed by atoms with E-state index in [1.165, 1.54) is 23.8 Å². The van der Waals surface area contributed by atoms with E-state index in [0.29, 0.717) is 10.8 Å². The van der Waals surface area contributed by atoms with Gasteiger partial charge in [-0.25, -0.2) is 9.78 Å². The Morgan fingerprint density at radius 3 is 2.91 bits per heavy atom. The van der Waals surface area contributed by atoms with Crippen molar-refractivity contribution >= 4 is 78.3 Å². The number of nitrogens with two attached hydrogens (primary N) is 1. The summed E-state index contributed by atoms with van der Waals surface area (Å²) in [4.78, 5) is 50.4. The molecule has 1 saturated heterocycles. The van der Waals surface area contributed by atoms with Crippen molar-refractivity contribution in [2.24, 2.45) is 5.16 Å². The number of anilines is 1. The average molecular weight is 532 g/mol. The molecule has 2 aliphatic heterocycles. The molecule has 0 radical (unpaired) electrons. The molecular formula is C21H19N6O5S3+. The number of carbonyl (C=O) groups excluding carboxylic acids is 2. The second-order valence-electron chi connectivity index (χ2n) is 7.69. The van der Waals surface area contributed by atoms with Crippen molar-refractivity contribution in [1.29, 1.82) is 0 Å². The zero-order valence-corrected chi connectivity index (χ0v) is 20.9. The predicted octanol–water partition coefficient (Wildman–Crippen LogP) is 1.24. The van der Waals surface area contributed by atoms with E-state index in [1.54, 1.807) is 22.9 Å². The largest absolute Gasteiger partial charge is 0.476 e. The Kier molecular flexibility index (Phi) is 5.94. The fraction of sp³-hybridized carbons (Fsp3) is 0.238. The summed E-state index contributed by atoms with van der Waals surface area (Å²) in [6.07, 6.45) is 1.79. The van der Waals surface area contributed by atoms with Crippen LogP contribution >= 0.6 is 34.4 Å². The number of carboxylic acids is 1. The summed E-state index contributed by atoms with van der Waals surface area (Å²) in [7, 11) is 1.29. The van der Waals surface area contributed by atoms with Crippen LogP contribution in [0.4, 0.5) is 5.13 Å². The van der Waals surface area contributed by atoms with Gasteiger partial charge in [0.15, 0.2) is 17.0 Å². The Hall–Kier alpha value is -3.49. The fourth-order valence-corrected chi connectivity index (χ4v) is 6.93. The molecule has 0 saturated carbocycles. The molecule has 2 unspecified atom stereocenters. The zero-order chi connectivity index (χ0) is 24.9. The van der Waals surface area contributed by atoms with Crippen molar-refractivity contribution in [3.63, 3.8) is 0 Å². The van der Waals surface area contributed by atoms with Gasteiger partial charge in [-0.1, -0.05) is 28.3 Å². The fourth-order valence-electron chi connectivity index (χ4n) is 4.05. The molecule has 0 spiro atoms. The number of amides is 2. The van der Waals surface area contributed by atoms with Gasteiger partial charge in [-0.2, -0.15) is 0 Å². The summed E-state index contributed by atoms with van der Waals surface area (Å²) < 4.78 is 1.81. The number of oxime groups is 1. The van der Waals surface area contributed by atoms with Gasteiger partial charge in [0.25, 0.3) is 21.7 Å². The lowest BCUT2D eigenvalue weighted by Crippen LogP contribution is -2.73. The van der Waals surface area contributed by atoms with E-state index in [1.807, 2.05) is 29.7 Å². The molecule has 1 fully saturated rings. The number of carbonyl (C=O) groups is 3. The van der Waals surface area contributed by atoms with E-state index >= 15 is 0 Å². The number of nitrogen functional groups attached to an aromatic ring is 1. The van der Waals surface area contributed by atoms with Gasteiger partial charge >= 0.3 is 5.97 Å². The number of aryl methyl sites for hydroxylation is 1. The standard InChI is InChI=1S/C21H18N6O5S3/c1-9-6-10-4-3-5-26(18(10)35-9)19-15(20(30)31)27-12(8-33-19)14(17(27)29)24-16(28)13(25-32-2)11-7-34-21(22)23-11/h3-7,12,14H,8H2,1-2H3,(H3-,22,23,24,28,30,31)/p+1. The van der Waals surface area contributed by atoms with Crippen molar-refractivity contribution in [3.8, 4) is 0 Å². The Labute approximate surface area is 210 Å². The van der Waals surface area contributed by atoms with Gasteiger partial charge in [-0.3, -0.25) is 14.5 Å². The van der Waals surface area contributed by atoms with Crippen molar-refractivity contribution in [2.45, 2.75) is 19.0 Å². The van der Waals surface area contributed by atoms with E-state index in [-0.39, 0.29) is 22.2 Å². The number of fused-ring (bicyclic) bond motifs is 2. The van der Waals surface area contributed by atoms with Gasteiger partial charge in [0.1, 0.15) is 18.8 Å². The minimum atomic E-state index is -1.22. The zero-order valence-electron chi connectivity index (χ0n) is 18.4. The first-order valence-electron chi connectivity index (χ1n) is 10.3. The van der Waals surface area contributed by atoms with Gasteiger partial charge < -0.3 is 21.0 Å². The number of aliphatic carboxylic acids is 1. The number of nitrogens with one attached hydrogen (secondary N) is 1. The highest BCUT2D eigenvalue weighted by Gasteiger charge is 2.56. The molecule has 14 heteroatoms. The number of thioether (sulfide) groups is 1. The molecular weight excluding hydrogens is 512 g/mol. The molecule has 0 aliphatic carbocycles. The van der Waals surface area contributed by atoms with Crippen LogP contribution in [0.3, 0.4) is 0 Å². The van der Waals surface area contributed by atoms with Crippen LogP contribution in [0.15, 0.2) is 40.6 Å². The first-order valence-corrected chi connectivity index (χ1v) is 13.0. The Bertz CT molecular complexity index is 1440. The molecule has 11 nitrogen and oxygen atoms in total. The van der Waals surface area contributed by atoms with Crippen molar-refractivity contribution < 1.29 is 28.9 Å². The first kappa shape index (κ1) is 23.3. The third-order valence-electron chi connectivity index (χ3n) is 5.52. The normalized spacial score (nSPS) is 20.0. The maximum atomic E-state index is 13.1. The van der Waals surface area contributed by atoms with E-state index in [4.69, 9.17) is 10.6 Å². The van der Waals surface area contributed by atoms with Crippen LogP contribution in [0.1, 0.15) is 10.6 Å². The smallest absolute Gasteiger partial charge is 0.360 e. The van der Waals surface area contributed by atoms with Crippen molar-refractivity contribution in [3.05, 3.63) is 46.0 Å². The van der Waals surface area contributed by atoms with Crippen molar-refractivity contribution in [2.75, 3.05) is 18.6 Å². The molecule has 4 N–H and O–H groups in total. The summed E-state index contributed by atoms with van der Waals surface area (Å²) >= 11 is 4.01. The lowest BCUT2D eigenvalue weighted by Gasteiger charge is -2.48. The summed E-state index contributed by atoms with van der Waals surface area (Å²) in [5, 5.41) is 19.7. The quantitative estimate of drug-likeness (QED) is 0.186. The van der Waals surface area contributed by atoms with Crippen LogP contribution in [0, 0.1) is 6.92 Å². The van der Waals surface area contributed by atoms with Crippen LogP contribution in [0.25, 0.3) is 15.2 Å². The molecule has 3 aromatic heterocycles. The number of β-lactam (4-membered cyclic amide) rings is 1. The molecule has 180 valence electrons. The second-order valence-corrected chi connectivity index (χ2v) is 10.8. The van der Waals surface area contributed by atoms with E-state index in [2.05, 4.69) is 15.5 Å². The van der Waals surface area contributed by atoms with E-state index in [9.17, 15) is 19.5 Å². The van der Waals surface area contributed by atoms with E-state index < -0.39 is 29.9 Å².